The van der Waals surface area contributed by atoms with E-state index in [1.165, 1.54) is 4.90 Å². The molecule has 0 aromatic heterocycles. The third-order valence-corrected chi connectivity index (χ3v) is 6.49. The molecule has 1 heterocycles. The van der Waals surface area contributed by atoms with E-state index in [4.69, 9.17) is 0 Å². The van der Waals surface area contributed by atoms with E-state index in [9.17, 15) is 9.90 Å². The van der Waals surface area contributed by atoms with Crippen molar-refractivity contribution in [2.45, 2.75) is 43.1 Å². The van der Waals surface area contributed by atoms with E-state index in [1.54, 1.807) is 6.08 Å². The van der Waals surface area contributed by atoms with Crippen LogP contribution >= 0.6 is 11.8 Å². The smallest absolute Gasteiger partial charge is 0.246 e. The maximum atomic E-state index is 12.5. The second kappa shape index (κ2) is 10.8. The van der Waals surface area contributed by atoms with Crippen LogP contribution in [0.3, 0.4) is 0 Å². The Hall–Kier alpha value is -2.08. The quantitative estimate of drug-likeness (QED) is 0.526. The molecule has 5 heteroatoms. The number of thioether (sulfide) groups is 1. The molecule has 0 saturated carbocycles. The summed E-state index contributed by atoms with van der Waals surface area (Å²) in [5, 5.41) is 11.4. The molecule has 0 spiro atoms. The third kappa shape index (κ3) is 6.21. The van der Waals surface area contributed by atoms with Gasteiger partial charge in [0.05, 0.1) is 6.10 Å². The zero-order valence-corrected chi connectivity index (χ0v) is 18.9. The van der Waals surface area contributed by atoms with Gasteiger partial charge >= 0.3 is 0 Å². The number of carbonyl (C=O) groups is 1. The molecule has 2 aromatic carbocycles. The SMILES string of the molecule is CC(C)Sc1ccc(C(O)C(C)N2CCN(C(=O)C=Cc3ccccc3)CC2)cc1. The van der Waals surface area contributed by atoms with Crippen molar-refractivity contribution >= 4 is 23.7 Å². The number of rotatable bonds is 7. The first-order chi connectivity index (χ1) is 14.4. The van der Waals surface area contributed by atoms with Gasteiger partial charge in [-0.1, -0.05) is 56.3 Å². The summed E-state index contributed by atoms with van der Waals surface area (Å²) >= 11 is 1.83. The molecule has 30 heavy (non-hydrogen) atoms. The van der Waals surface area contributed by atoms with Crippen molar-refractivity contribution < 1.29 is 9.90 Å². The van der Waals surface area contributed by atoms with Gasteiger partial charge in [-0.25, -0.2) is 0 Å². The van der Waals surface area contributed by atoms with Gasteiger partial charge < -0.3 is 10.0 Å². The molecular weight excluding hydrogens is 392 g/mol. The minimum Gasteiger partial charge on any atom is -0.387 e. The Balaban J connectivity index is 1.51. The molecule has 4 nitrogen and oxygen atoms in total. The average Bonchev–Trinajstić information content (AvgIpc) is 2.77. The summed E-state index contributed by atoms with van der Waals surface area (Å²) in [6.07, 6.45) is 2.98. The number of piperazine rings is 1. The number of aliphatic hydroxyl groups excluding tert-OH is 1. The van der Waals surface area contributed by atoms with Crippen LogP contribution in [0.25, 0.3) is 6.08 Å². The van der Waals surface area contributed by atoms with Crippen LogP contribution in [0, 0.1) is 0 Å². The van der Waals surface area contributed by atoms with Gasteiger partial charge in [0.25, 0.3) is 0 Å². The summed E-state index contributed by atoms with van der Waals surface area (Å²) in [6.45, 7) is 9.32. The Kier molecular flexibility index (Phi) is 8.14. The number of nitrogens with zero attached hydrogens (tertiary/aromatic N) is 2. The predicted molar refractivity (Wildman–Crippen MR) is 125 cm³/mol. The zero-order valence-electron chi connectivity index (χ0n) is 18.1. The fourth-order valence-electron chi connectivity index (χ4n) is 3.68. The van der Waals surface area contributed by atoms with Crippen molar-refractivity contribution in [2.75, 3.05) is 26.2 Å². The molecule has 2 unspecified atom stereocenters. The van der Waals surface area contributed by atoms with Crippen LogP contribution in [-0.2, 0) is 4.79 Å². The highest BCUT2D eigenvalue weighted by Crippen LogP contribution is 2.27. The van der Waals surface area contributed by atoms with Crippen molar-refractivity contribution in [1.29, 1.82) is 0 Å². The fourth-order valence-corrected chi connectivity index (χ4v) is 4.52. The van der Waals surface area contributed by atoms with Crippen molar-refractivity contribution in [3.63, 3.8) is 0 Å². The number of hydrogen-bond donors (Lipinski definition) is 1. The number of aliphatic hydroxyl groups is 1. The monoisotopic (exact) mass is 424 g/mol. The topological polar surface area (TPSA) is 43.8 Å². The Bertz CT molecular complexity index is 828. The molecule has 160 valence electrons. The van der Waals surface area contributed by atoms with E-state index < -0.39 is 6.10 Å². The lowest BCUT2D eigenvalue weighted by molar-refractivity contribution is -0.128. The van der Waals surface area contributed by atoms with E-state index in [1.807, 2.05) is 65.2 Å². The fraction of sp³-hybridized carbons (Fsp3) is 0.400. The van der Waals surface area contributed by atoms with Crippen LogP contribution in [0.1, 0.15) is 38.0 Å². The standard InChI is InChI=1S/C25H32N2O2S/c1-19(2)30-23-12-10-22(11-13-23)25(29)20(3)26-15-17-27(18-16-26)24(28)14-9-21-7-5-4-6-8-21/h4-14,19-20,25,29H,15-18H2,1-3H3. The van der Waals surface area contributed by atoms with Crippen LogP contribution < -0.4 is 0 Å². The molecular formula is C25H32N2O2S. The molecule has 1 aliphatic heterocycles. The third-order valence-electron chi connectivity index (χ3n) is 5.47. The lowest BCUT2D eigenvalue weighted by Crippen LogP contribution is -2.52. The molecule has 1 fully saturated rings. The second-order valence-electron chi connectivity index (χ2n) is 8.03. The summed E-state index contributed by atoms with van der Waals surface area (Å²) in [4.78, 5) is 17.9. The van der Waals surface area contributed by atoms with E-state index in [0.717, 1.165) is 24.2 Å². The zero-order chi connectivity index (χ0) is 21.5. The number of amides is 1. The lowest BCUT2D eigenvalue weighted by Gasteiger charge is -2.39. The van der Waals surface area contributed by atoms with Crippen LogP contribution in [-0.4, -0.2) is 58.3 Å². The van der Waals surface area contributed by atoms with E-state index in [2.05, 4.69) is 37.8 Å². The molecule has 1 aliphatic rings. The maximum Gasteiger partial charge on any atom is 0.246 e. The Morgan fingerprint density at radius 1 is 0.967 bits per heavy atom. The Labute approximate surface area is 184 Å². The van der Waals surface area contributed by atoms with Gasteiger partial charge in [-0.05, 0) is 36.3 Å². The van der Waals surface area contributed by atoms with Crippen molar-refractivity contribution in [3.05, 3.63) is 71.8 Å². The van der Waals surface area contributed by atoms with Crippen LogP contribution in [0.5, 0.6) is 0 Å². The molecule has 1 N–H and O–H groups in total. The molecule has 0 aliphatic carbocycles. The molecule has 1 saturated heterocycles. The number of carbonyl (C=O) groups excluding carboxylic acids is 1. The molecule has 2 aromatic rings. The highest BCUT2D eigenvalue weighted by molar-refractivity contribution is 7.99. The van der Waals surface area contributed by atoms with E-state index in [0.29, 0.717) is 18.3 Å². The molecule has 0 bridgehead atoms. The summed E-state index contributed by atoms with van der Waals surface area (Å²) in [5.74, 6) is 0.0462. The Morgan fingerprint density at radius 2 is 1.60 bits per heavy atom. The van der Waals surface area contributed by atoms with E-state index >= 15 is 0 Å². The van der Waals surface area contributed by atoms with Gasteiger partial charge in [0.2, 0.25) is 5.91 Å². The minimum atomic E-state index is -0.539. The lowest BCUT2D eigenvalue weighted by atomic mass is 10.0. The second-order valence-corrected chi connectivity index (χ2v) is 9.68. The summed E-state index contributed by atoms with van der Waals surface area (Å²) in [5.41, 5.74) is 1.97. The highest BCUT2D eigenvalue weighted by Gasteiger charge is 2.27. The van der Waals surface area contributed by atoms with Gasteiger partial charge in [0, 0.05) is 48.4 Å². The predicted octanol–water partition coefficient (Wildman–Crippen LogP) is 4.47. The van der Waals surface area contributed by atoms with Crippen molar-refractivity contribution in [2.24, 2.45) is 0 Å². The Morgan fingerprint density at radius 3 is 2.20 bits per heavy atom. The summed E-state index contributed by atoms with van der Waals surface area (Å²) < 4.78 is 0. The number of benzene rings is 2. The first kappa shape index (κ1) is 22.6. The molecule has 2 atom stereocenters. The molecule has 3 rings (SSSR count). The van der Waals surface area contributed by atoms with Crippen LogP contribution in [0.15, 0.2) is 65.6 Å². The van der Waals surface area contributed by atoms with Gasteiger partial charge in [0.15, 0.2) is 0 Å². The minimum absolute atomic E-state index is 0.00529. The van der Waals surface area contributed by atoms with E-state index in [-0.39, 0.29) is 11.9 Å². The maximum absolute atomic E-state index is 12.5. The number of hydrogen-bond acceptors (Lipinski definition) is 4. The van der Waals surface area contributed by atoms with Gasteiger partial charge in [0.1, 0.15) is 0 Å². The van der Waals surface area contributed by atoms with Crippen LogP contribution in [0.4, 0.5) is 0 Å². The van der Waals surface area contributed by atoms with Crippen molar-refractivity contribution in [1.82, 2.24) is 9.80 Å². The summed E-state index contributed by atoms with van der Waals surface area (Å²) in [6, 6.07) is 18.1. The summed E-state index contributed by atoms with van der Waals surface area (Å²) in [7, 11) is 0. The van der Waals surface area contributed by atoms with Crippen LogP contribution in [0.2, 0.25) is 0 Å². The van der Waals surface area contributed by atoms with Crippen molar-refractivity contribution in [3.8, 4) is 0 Å². The largest absolute Gasteiger partial charge is 0.387 e. The normalized spacial score (nSPS) is 17.4. The molecule has 1 amide bonds. The highest BCUT2D eigenvalue weighted by atomic mass is 32.2. The van der Waals surface area contributed by atoms with Gasteiger partial charge in [-0.15, -0.1) is 11.8 Å². The average molecular weight is 425 g/mol. The van der Waals surface area contributed by atoms with Gasteiger partial charge in [-0.2, -0.15) is 0 Å². The first-order valence-electron chi connectivity index (χ1n) is 10.6. The molecule has 0 radical (unpaired) electrons. The first-order valence-corrected chi connectivity index (χ1v) is 11.5. The van der Waals surface area contributed by atoms with Gasteiger partial charge in [-0.3, -0.25) is 9.69 Å².